The minimum atomic E-state index is 0.624. The third-order valence-electron chi connectivity index (χ3n) is 3.23. The van der Waals surface area contributed by atoms with Gasteiger partial charge in [-0.25, -0.2) is 9.97 Å². The Morgan fingerprint density at radius 1 is 1.50 bits per heavy atom. The zero-order valence-electron chi connectivity index (χ0n) is 10.2. The van der Waals surface area contributed by atoms with Crippen molar-refractivity contribution in [3.8, 4) is 0 Å². The minimum absolute atomic E-state index is 0.624. The molecule has 0 saturated carbocycles. The lowest BCUT2D eigenvalue weighted by atomic mass is 9.87. The molecular weight excluding hydrogens is 198 g/mol. The molecule has 1 aliphatic carbocycles. The molecule has 16 heavy (non-hydrogen) atoms. The van der Waals surface area contributed by atoms with E-state index in [9.17, 15) is 0 Å². The highest BCUT2D eigenvalue weighted by molar-refractivity contribution is 5.21. The standard InChI is InChI=1S/C13H21N3/c1-9(2)5-13-15-8-11-6-10(7-14)3-4-12(11)16-13/h8-10H,3-7,14H2,1-2H3. The van der Waals surface area contributed by atoms with Crippen LogP contribution >= 0.6 is 0 Å². The molecule has 0 bridgehead atoms. The average molecular weight is 219 g/mol. The quantitative estimate of drug-likeness (QED) is 0.842. The Morgan fingerprint density at radius 3 is 3.00 bits per heavy atom. The summed E-state index contributed by atoms with van der Waals surface area (Å²) in [5.41, 5.74) is 8.29. The molecule has 1 heterocycles. The van der Waals surface area contributed by atoms with Crippen LogP contribution < -0.4 is 5.73 Å². The van der Waals surface area contributed by atoms with Crippen molar-refractivity contribution in [3.05, 3.63) is 23.3 Å². The lowest BCUT2D eigenvalue weighted by Gasteiger charge is -2.22. The highest BCUT2D eigenvalue weighted by Crippen LogP contribution is 2.23. The number of hydrogen-bond acceptors (Lipinski definition) is 3. The Morgan fingerprint density at radius 2 is 2.31 bits per heavy atom. The number of rotatable bonds is 3. The van der Waals surface area contributed by atoms with E-state index in [-0.39, 0.29) is 0 Å². The van der Waals surface area contributed by atoms with Crippen molar-refractivity contribution in [1.29, 1.82) is 0 Å². The molecule has 3 nitrogen and oxygen atoms in total. The maximum absolute atomic E-state index is 5.72. The molecule has 1 atom stereocenters. The summed E-state index contributed by atoms with van der Waals surface area (Å²) in [4.78, 5) is 9.12. The normalized spacial score (nSPS) is 19.9. The van der Waals surface area contributed by atoms with Crippen LogP contribution in [0.4, 0.5) is 0 Å². The fourth-order valence-corrected chi connectivity index (χ4v) is 2.29. The van der Waals surface area contributed by atoms with Gasteiger partial charge >= 0.3 is 0 Å². The minimum Gasteiger partial charge on any atom is -0.330 e. The Kier molecular flexibility index (Phi) is 3.54. The van der Waals surface area contributed by atoms with Gasteiger partial charge in [-0.15, -0.1) is 0 Å². The highest BCUT2D eigenvalue weighted by Gasteiger charge is 2.19. The first kappa shape index (κ1) is 11.5. The summed E-state index contributed by atoms with van der Waals surface area (Å²) >= 11 is 0. The Bertz CT molecular complexity index is 360. The second-order valence-electron chi connectivity index (χ2n) is 5.20. The van der Waals surface area contributed by atoms with Gasteiger partial charge in [0.05, 0.1) is 0 Å². The van der Waals surface area contributed by atoms with Crippen LogP contribution in [0, 0.1) is 11.8 Å². The van der Waals surface area contributed by atoms with E-state index in [1.165, 1.54) is 17.7 Å². The van der Waals surface area contributed by atoms with Gasteiger partial charge in [-0.2, -0.15) is 0 Å². The number of hydrogen-bond donors (Lipinski definition) is 1. The predicted octanol–water partition coefficient (Wildman–Crippen LogP) is 1.74. The van der Waals surface area contributed by atoms with Gasteiger partial charge in [-0.1, -0.05) is 13.8 Å². The summed E-state index contributed by atoms with van der Waals surface area (Å²) in [6.45, 7) is 5.19. The van der Waals surface area contributed by atoms with Crippen LogP contribution in [-0.2, 0) is 19.3 Å². The summed E-state index contributed by atoms with van der Waals surface area (Å²) in [5, 5.41) is 0. The van der Waals surface area contributed by atoms with Crippen LogP contribution in [0.15, 0.2) is 6.20 Å². The van der Waals surface area contributed by atoms with Crippen LogP contribution in [0.5, 0.6) is 0 Å². The zero-order chi connectivity index (χ0) is 11.5. The highest BCUT2D eigenvalue weighted by atomic mass is 14.9. The van der Waals surface area contributed by atoms with Gasteiger partial charge < -0.3 is 5.73 Å². The van der Waals surface area contributed by atoms with Crippen molar-refractivity contribution in [2.45, 2.75) is 39.5 Å². The van der Waals surface area contributed by atoms with Crippen molar-refractivity contribution >= 4 is 0 Å². The van der Waals surface area contributed by atoms with Crippen molar-refractivity contribution in [2.75, 3.05) is 6.54 Å². The molecule has 0 aromatic carbocycles. The Labute approximate surface area is 97.5 Å². The van der Waals surface area contributed by atoms with E-state index >= 15 is 0 Å². The molecule has 1 unspecified atom stereocenters. The lowest BCUT2D eigenvalue weighted by molar-refractivity contribution is 0.459. The number of aromatic nitrogens is 2. The van der Waals surface area contributed by atoms with Crippen molar-refractivity contribution < 1.29 is 0 Å². The van der Waals surface area contributed by atoms with Gasteiger partial charge in [0.25, 0.3) is 0 Å². The first-order valence-corrected chi connectivity index (χ1v) is 6.22. The molecule has 0 amide bonds. The third-order valence-corrected chi connectivity index (χ3v) is 3.23. The number of nitrogens with two attached hydrogens (primary N) is 1. The molecule has 0 aliphatic heterocycles. The second-order valence-corrected chi connectivity index (χ2v) is 5.20. The molecule has 0 radical (unpaired) electrons. The smallest absolute Gasteiger partial charge is 0.128 e. The first-order valence-electron chi connectivity index (χ1n) is 6.22. The number of aryl methyl sites for hydroxylation is 1. The van der Waals surface area contributed by atoms with Crippen LogP contribution in [0.3, 0.4) is 0 Å². The predicted molar refractivity (Wildman–Crippen MR) is 65.1 cm³/mol. The van der Waals surface area contributed by atoms with Gasteiger partial charge in [0.2, 0.25) is 0 Å². The van der Waals surface area contributed by atoms with Crippen LogP contribution in [-0.4, -0.2) is 16.5 Å². The number of nitrogens with zero attached hydrogens (tertiary/aromatic N) is 2. The summed E-state index contributed by atoms with van der Waals surface area (Å²) in [5.74, 6) is 2.26. The number of fused-ring (bicyclic) bond motifs is 1. The fraction of sp³-hybridized carbons (Fsp3) is 0.692. The van der Waals surface area contributed by atoms with E-state index < -0.39 is 0 Å². The lowest BCUT2D eigenvalue weighted by Crippen LogP contribution is -2.23. The average Bonchev–Trinajstić information content (AvgIpc) is 2.27. The summed E-state index contributed by atoms with van der Waals surface area (Å²) < 4.78 is 0. The van der Waals surface area contributed by atoms with E-state index in [0.717, 1.165) is 31.6 Å². The largest absolute Gasteiger partial charge is 0.330 e. The van der Waals surface area contributed by atoms with Gasteiger partial charge in [0, 0.05) is 18.3 Å². The SMILES string of the molecule is CC(C)Cc1ncc2c(n1)CCC(CN)C2. The molecule has 0 fully saturated rings. The molecule has 3 heteroatoms. The Hall–Kier alpha value is -0.960. The van der Waals surface area contributed by atoms with E-state index in [2.05, 4.69) is 23.8 Å². The van der Waals surface area contributed by atoms with E-state index in [0.29, 0.717) is 11.8 Å². The van der Waals surface area contributed by atoms with Crippen molar-refractivity contribution in [1.82, 2.24) is 9.97 Å². The topological polar surface area (TPSA) is 51.8 Å². The molecular formula is C13H21N3. The summed E-state index contributed by atoms with van der Waals surface area (Å²) in [6, 6.07) is 0. The second kappa shape index (κ2) is 4.91. The fourth-order valence-electron chi connectivity index (χ4n) is 2.29. The molecule has 0 spiro atoms. The monoisotopic (exact) mass is 219 g/mol. The van der Waals surface area contributed by atoms with Gasteiger partial charge in [0.1, 0.15) is 5.82 Å². The molecule has 2 N–H and O–H groups in total. The first-order chi connectivity index (χ1) is 7.69. The summed E-state index contributed by atoms with van der Waals surface area (Å²) in [6.07, 6.45) is 6.32. The van der Waals surface area contributed by atoms with Gasteiger partial charge in [0.15, 0.2) is 0 Å². The van der Waals surface area contributed by atoms with E-state index in [1.807, 2.05) is 6.20 Å². The van der Waals surface area contributed by atoms with Crippen molar-refractivity contribution in [2.24, 2.45) is 17.6 Å². The molecule has 0 saturated heterocycles. The third kappa shape index (κ3) is 2.59. The maximum atomic E-state index is 5.72. The van der Waals surface area contributed by atoms with Gasteiger partial charge in [-0.3, -0.25) is 0 Å². The molecule has 1 aromatic heterocycles. The molecule has 88 valence electrons. The van der Waals surface area contributed by atoms with Crippen LogP contribution in [0.25, 0.3) is 0 Å². The van der Waals surface area contributed by atoms with E-state index in [1.54, 1.807) is 0 Å². The van der Waals surface area contributed by atoms with Crippen LogP contribution in [0.1, 0.15) is 37.4 Å². The zero-order valence-corrected chi connectivity index (χ0v) is 10.2. The Balaban J connectivity index is 2.15. The summed E-state index contributed by atoms with van der Waals surface area (Å²) in [7, 11) is 0. The molecule has 2 rings (SSSR count). The van der Waals surface area contributed by atoms with Crippen LogP contribution in [0.2, 0.25) is 0 Å². The van der Waals surface area contributed by atoms with Gasteiger partial charge in [-0.05, 0) is 43.2 Å². The maximum Gasteiger partial charge on any atom is 0.128 e. The van der Waals surface area contributed by atoms with Crippen molar-refractivity contribution in [3.63, 3.8) is 0 Å². The molecule has 1 aromatic rings. The molecule has 1 aliphatic rings. The van der Waals surface area contributed by atoms with E-state index in [4.69, 9.17) is 5.73 Å².